The summed E-state index contributed by atoms with van der Waals surface area (Å²) in [5, 5.41) is 2.00. The molecule has 1 atom stereocenters. The normalized spacial score (nSPS) is 17.6. The molecule has 0 spiro atoms. The molecule has 5 heteroatoms. The van der Waals surface area contributed by atoms with Crippen LogP contribution in [0.4, 0.5) is 0 Å². The summed E-state index contributed by atoms with van der Waals surface area (Å²) in [6, 6.07) is 12.2. The Morgan fingerprint density at radius 2 is 2.17 bits per heavy atom. The third-order valence-corrected chi connectivity index (χ3v) is 5.89. The molecule has 0 N–H and O–H groups in total. The van der Waals surface area contributed by atoms with Crippen molar-refractivity contribution in [2.45, 2.75) is 17.9 Å². The Balaban J connectivity index is 1.48. The van der Waals surface area contributed by atoms with Crippen molar-refractivity contribution in [2.75, 3.05) is 26.0 Å². The van der Waals surface area contributed by atoms with Gasteiger partial charge in [-0.25, -0.2) is 0 Å². The Labute approximate surface area is 145 Å². The topological polar surface area (TPSA) is 29.5 Å². The Morgan fingerprint density at radius 3 is 2.96 bits per heavy atom. The minimum absolute atomic E-state index is 0.176. The fraction of sp³-hybridized carbons (Fsp3) is 0.389. The third kappa shape index (κ3) is 4.16. The predicted molar refractivity (Wildman–Crippen MR) is 96.2 cm³/mol. The summed E-state index contributed by atoms with van der Waals surface area (Å²) in [5.41, 5.74) is 1.20. The van der Waals surface area contributed by atoms with Gasteiger partial charge in [0.2, 0.25) is 0 Å². The molecule has 2 aromatic rings. The fourth-order valence-electron chi connectivity index (χ4n) is 2.83. The summed E-state index contributed by atoms with van der Waals surface area (Å²) >= 11 is 3.18. The molecular formula is C18H21NO2S2. The van der Waals surface area contributed by atoms with E-state index in [-0.39, 0.29) is 5.91 Å². The lowest BCUT2D eigenvalue weighted by Gasteiger charge is -2.16. The smallest absolute Gasteiger partial charge is 0.265 e. The molecular weight excluding hydrogens is 326 g/mol. The number of carbonyl (C=O) groups excluding carboxylic acids is 1. The second kappa shape index (κ2) is 7.99. The SMILES string of the molecule is CSc1ccsc1C(=O)N1CC[C@@H](COCc2ccccc2)C1. The fourth-order valence-corrected chi connectivity index (χ4v) is 4.54. The van der Waals surface area contributed by atoms with Crippen LogP contribution in [-0.4, -0.2) is 36.8 Å². The zero-order valence-corrected chi connectivity index (χ0v) is 14.9. The molecule has 0 saturated carbocycles. The maximum atomic E-state index is 12.6. The lowest BCUT2D eigenvalue weighted by Crippen LogP contribution is -2.29. The van der Waals surface area contributed by atoms with Crippen LogP contribution in [0.15, 0.2) is 46.7 Å². The summed E-state index contributed by atoms with van der Waals surface area (Å²) < 4.78 is 5.83. The molecule has 0 aliphatic carbocycles. The van der Waals surface area contributed by atoms with Crippen molar-refractivity contribution in [2.24, 2.45) is 5.92 Å². The van der Waals surface area contributed by atoms with Crippen molar-refractivity contribution in [1.29, 1.82) is 0 Å². The van der Waals surface area contributed by atoms with Gasteiger partial charge >= 0.3 is 0 Å². The van der Waals surface area contributed by atoms with Gasteiger partial charge in [0.1, 0.15) is 4.88 Å². The molecule has 1 fully saturated rings. The quantitative estimate of drug-likeness (QED) is 0.735. The first-order chi connectivity index (χ1) is 11.3. The van der Waals surface area contributed by atoms with Crippen LogP contribution in [0, 0.1) is 5.92 Å². The maximum Gasteiger partial charge on any atom is 0.265 e. The first kappa shape index (κ1) is 16.6. The van der Waals surface area contributed by atoms with Gasteiger partial charge in [-0.1, -0.05) is 30.3 Å². The second-order valence-corrected chi connectivity index (χ2v) is 7.49. The first-order valence-electron chi connectivity index (χ1n) is 7.80. The molecule has 0 unspecified atom stereocenters. The van der Waals surface area contributed by atoms with E-state index in [0.717, 1.165) is 35.9 Å². The zero-order chi connectivity index (χ0) is 16.1. The van der Waals surface area contributed by atoms with Crippen molar-refractivity contribution < 1.29 is 9.53 Å². The Morgan fingerprint density at radius 1 is 1.35 bits per heavy atom. The average Bonchev–Trinajstić information content (AvgIpc) is 3.24. The van der Waals surface area contributed by atoms with Crippen LogP contribution >= 0.6 is 23.1 Å². The Kier molecular flexibility index (Phi) is 5.75. The minimum Gasteiger partial charge on any atom is -0.376 e. The number of hydrogen-bond donors (Lipinski definition) is 0. The van der Waals surface area contributed by atoms with Gasteiger partial charge < -0.3 is 9.64 Å². The van der Waals surface area contributed by atoms with Crippen LogP contribution in [0.2, 0.25) is 0 Å². The lowest BCUT2D eigenvalue weighted by atomic mass is 10.1. The minimum atomic E-state index is 0.176. The van der Waals surface area contributed by atoms with Crippen LogP contribution in [-0.2, 0) is 11.3 Å². The van der Waals surface area contributed by atoms with Gasteiger partial charge in [-0.3, -0.25) is 4.79 Å². The molecule has 2 heterocycles. The van der Waals surface area contributed by atoms with Crippen LogP contribution in [0.3, 0.4) is 0 Å². The Hall–Kier alpha value is -1.30. The molecule has 1 amide bonds. The van der Waals surface area contributed by atoms with Gasteiger partial charge in [0, 0.05) is 23.9 Å². The second-order valence-electron chi connectivity index (χ2n) is 5.72. The number of likely N-dealkylation sites (tertiary alicyclic amines) is 1. The van der Waals surface area contributed by atoms with E-state index in [2.05, 4.69) is 12.1 Å². The van der Waals surface area contributed by atoms with E-state index in [4.69, 9.17) is 4.74 Å². The molecule has 0 bridgehead atoms. The number of hydrogen-bond acceptors (Lipinski definition) is 4. The number of carbonyl (C=O) groups is 1. The molecule has 1 saturated heterocycles. The molecule has 23 heavy (non-hydrogen) atoms. The maximum absolute atomic E-state index is 12.6. The van der Waals surface area contributed by atoms with Crippen molar-refractivity contribution >= 4 is 29.0 Å². The van der Waals surface area contributed by atoms with Gasteiger partial charge in [-0.15, -0.1) is 23.1 Å². The molecule has 3 nitrogen and oxygen atoms in total. The van der Waals surface area contributed by atoms with E-state index >= 15 is 0 Å². The summed E-state index contributed by atoms with van der Waals surface area (Å²) in [6.07, 6.45) is 3.05. The number of amides is 1. The van der Waals surface area contributed by atoms with Gasteiger partial charge in [0.15, 0.2) is 0 Å². The van der Waals surface area contributed by atoms with E-state index in [1.54, 1.807) is 23.1 Å². The number of benzene rings is 1. The van der Waals surface area contributed by atoms with Crippen LogP contribution in [0.5, 0.6) is 0 Å². The zero-order valence-electron chi connectivity index (χ0n) is 13.2. The molecule has 3 rings (SSSR count). The lowest BCUT2D eigenvalue weighted by molar-refractivity contribution is 0.0734. The van der Waals surface area contributed by atoms with Gasteiger partial charge in [0.25, 0.3) is 5.91 Å². The van der Waals surface area contributed by atoms with Crippen LogP contribution < -0.4 is 0 Å². The van der Waals surface area contributed by atoms with Gasteiger partial charge in [-0.2, -0.15) is 0 Å². The molecule has 122 valence electrons. The van der Waals surface area contributed by atoms with Gasteiger partial charge in [-0.05, 0) is 29.7 Å². The predicted octanol–water partition coefficient (Wildman–Crippen LogP) is 4.15. The highest BCUT2D eigenvalue weighted by Crippen LogP contribution is 2.29. The number of thiophene rings is 1. The highest BCUT2D eigenvalue weighted by molar-refractivity contribution is 7.98. The van der Waals surface area contributed by atoms with Crippen molar-refractivity contribution in [3.05, 3.63) is 52.2 Å². The van der Waals surface area contributed by atoms with E-state index < -0.39 is 0 Å². The van der Waals surface area contributed by atoms with Crippen LogP contribution in [0.1, 0.15) is 21.7 Å². The molecule has 1 aliphatic heterocycles. The average molecular weight is 348 g/mol. The van der Waals surface area contributed by atoms with E-state index in [1.807, 2.05) is 40.8 Å². The summed E-state index contributed by atoms with van der Waals surface area (Å²) in [6.45, 7) is 3.01. The number of nitrogens with zero attached hydrogens (tertiary/aromatic N) is 1. The summed E-state index contributed by atoms with van der Waals surface area (Å²) in [7, 11) is 0. The Bertz CT molecular complexity index is 641. The molecule has 1 aromatic heterocycles. The third-order valence-electron chi connectivity index (χ3n) is 4.08. The monoisotopic (exact) mass is 347 g/mol. The van der Waals surface area contributed by atoms with E-state index in [0.29, 0.717) is 12.5 Å². The highest BCUT2D eigenvalue weighted by atomic mass is 32.2. The van der Waals surface area contributed by atoms with Crippen molar-refractivity contribution in [3.63, 3.8) is 0 Å². The highest BCUT2D eigenvalue weighted by Gasteiger charge is 2.28. The largest absolute Gasteiger partial charge is 0.376 e. The number of thioether (sulfide) groups is 1. The number of ether oxygens (including phenoxy) is 1. The standard InChI is InChI=1S/C18H21NO2S2/c1-22-16-8-10-23-17(16)18(20)19-9-7-15(11-19)13-21-12-14-5-3-2-4-6-14/h2-6,8,10,15H,7,9,11-13H2,1H3/t15-/m1/s1. The molecule has 1 aliphatic rings. The van der Waals surface area contributed by atoms with Crippen LogP contribution in [0.25, 0.3) is 0 Å². The van der Waals surface area contributed by atoms with Crippen molar-refractivity contribution in [1.82, 2.24) is 4.90 Å². The van der Waals surface area contributed by atoms with E-state index in [1.165, 1.54) is 5.56 Å². The molecule has 0 radical (unpaired) electrons. The first-order valence-corrected chi connectivity index (χ1v) is 9.91. The number of rotatable bonds is 6. The van der Waals surface area contributed by atoms with E-state index in [9.17, 15) is 4.79 Å². The van der Waals surface area contributed by atoms with Gasteiger partial charge in [0.05, 0.1) is 13.2 Å². The van der Waals surface area contributed by atoms with Crippen molar-refractivity contribution in [3.8, 4) is 0 Å². The summed E-state index contributed by atoms with van der Waals surface area (Å²) in [5.74, 6) is 0.621. The molecule has 1 aromatic carbocycles. The summed E-state index contributed by atoms with van der Waals surface area (Å²) in [4.78, 5) is 16.6.